The quantitative estimate of drug-likeness (QED) is 0.771. The third-order valence-electron chi connectivity index (χ3n) is 2.38. The van der Waals surface area contributed by atoms with Crippen molar-refractivity contribution in [3.63, 3.8) is 0 Å². The Balaban J connectivity index is 2.89. The summed E-state index contributed by atoms with van der Waals surface area (Å²) in [6.07, 6.45) is 2.78. The summed E-state index contributed by atoms with van der Waals surface area (Å²) in [5.41, 5.74) is 5.96. The summed E-state index contributed by atoms with van der Waals surface area (Å²) in [7, 11) is -3.56. The number of nitrogen functional groups attached to an aromatic ring is 1. The number of thioether (sulfide) groups is 1. The highest BCUT2D eigenvalue weighted by molar-refractivity contribution is 9.10. The number of nitrogens with two attached hydrogens (primary N) is 1. The van der Waals surface area contributed by atoms with Gasteiger partial charge in [0.05, 0.1) is 5.69 Å². The SMILES string of the molecule is CSCCC(C)NS(=O)(=O)c1cc(Br)ccc1N. The smallest absolute Gasteiger partial charge is 0.242 e. The molecule has 0 aliphatic carbocycles. The molecule has 0 saturated heterocycles. The van der Waals surface area contributed by atoms with E-state index in [1.165, 1.54) is 6.07 Å². The number of hydrogen-bond acceptors (Lipinski definition) is 4. The maximum Gasteiger partial charge on any atom is 0.242 e. The van der Waals surface area contributed by atoms with Crippen molar-refractivity contribution in [2.75, 3.05) is 17.7 Å². The Hall–Kier alpha value is -0.240. The Morgan fingerprint density at radius 2 is 2.17 bits per heavy atom. The first-order chi connectivity index (χ1) is 8.36. The van der Waals surface area contributed by atoms with Crippen LogP contribution in [0.2, 0.25) is 0 Å². The van der Waals surface area contributed by atoms with E-state index in [9.17, 15) is 8.42 Å². The fourth-order valence-corrected chi connectivity index (χ4v) is 3.96. The van der Waals surface area contributed by atoms with E-state index >= 15 is 0 Å². The molecule has 1 unspecified atom stereocenters. The molecule has 0 spiro atoms. The van der Waals surface area contributed by atoms with Gasteiger partial charge in [0, 0.05) is 10.5 Å². The van der Waals surface area contributed by atoms with E-state index in [1.807, 2.05) is 13.2 Å². The van der Waals surface area contributed by atoms with Crippen molar-refractivity contribution >= 4 is 43.4 Å². The van der Waals surface area contributed by atoms with Gasteiger partial charge in [-0.1, -0.05) is 15.9 Å². The molecule has 3 N–H and O–H groups in total. The highest BCUT2D eigenvalue weighted by Gasteiger charge is 2.20. The Morgan fingerprint density at radius 1 is 1.50 bits per heavy atom. The van der Waals surface area contributed by atoms with E-state index < -0.39 is 10.0 Å². The van der Waals surface area contributed by atoms with Crippen LogP contribution in [0.5, 0.6) is 0 Å². The second-order valence-electron chi connectivity index (χ2n) is 3.99. The van der Waals surface area contributed by atoms with Crippen LogP contribution in [-0.4, -0.2) is 26.5 Å². The minimum absolute atomic E-state index is 0.110. The van der Waals surface area contributed by atoms with E-state index in [0.717, 1.165) is 12.2 Å². The van der Waals surface area contributed by atoms with Crippen LogP contribution in [0.15, 0.2) is 27.6 Å². The number of benzene rings is 1. The highest BCUT2D eigenvalue weighted by atomic mass is 79.9. The predicted octanol–water partition coefficient (Wildman–Crippen LogP) is 2.45. The molecule has 7 heteroatoms. The van der Waals surface area contributed by atoms with Crippen LogP contribution < -0.4 is 10.5 Å². The van der Waals surface area contributed by atoms with Crippen LogP contribution in [0.1, 0.15) is 13.3 Å². The van der Waals surface area contributed by atoms with Gasteiger partial charge in [-0.2, -0.15) is 11.8 Å². The lowest BCUT2D eigenvalue weighted by Gasteiger charge is -2.15. The van der Waals surface area contributed by atoms with Gasteiger partial charge in [-0.05, 0) is 43.6 Å². The number of sulfonamides is 1. The molecule has 102 valence electrons. The molecule has 0 radical (unpaired) electrons. The van der Waals surface area contributed by atoms with Gasteiger partial charge in [0.2, 0.25) is 10.0 Å². The van der Waals surface area contributed by atoms with Crippen molar-refractivity contribution in [1.29, 1.82) is 0 Å². The molecule has 0 bridgehead atoms. The average Bonchev–Trinajstić information content (AvgIpc) is 2.29. The first-order valence-corrected chi connectivity index (χ1v) is 9.10. The van der Waals surface area contributed by atoms with Crippen LogP contribution in [0.4, 0.5) is 5.69 Å². The van der Waals surface area contributed by atoms with Crippen LogP contribution >= 0.6 is 27.7 Å². The van der Waals surface area contributed by atoms with Crippen molar-refractivity contribution in [2.24, 2.45) is 0 Å². The Kier molecular flexibility index (Phi) is 5.97. The molecule has 0 aromatic heterocycles. The Bertz CT molecular complexity index is 506. The largest absolute Gasteiger partial charge is 0.398 e. The second kappa shape index (κ2) is 6.79. The third kappa shape index (κ3) is 4.46. The van der Waals surface area contributed by atoms with E-state index in [1.54, 1.807) is 23.9 Å². The van der Waals surface area contributed by atoms with Gasteiger partial charge in [-0.25, -0.2) is 13.1 Å². The molecule has 0 aliphatic heterocycles. The molecule has 0 fully saturated rings. The molecule has 1 rings (SSSR count). The molecular weight excluding hydrogens is 336 g/mol. The summed E-state index contributed by atoms with van der Waals surface area (Å²) in [4.78, 5) is 0.118. The van der Waals surface area contributed by atoms with Gasteiger partial charge in [0.25, 0.3) is 0 Å². The van der Waals surface area contributed by atoms with Crippen molar-refractivity contribution in [1.82, 2.24) is 4.72 Å². The summed E-state index contributed by atoms with van der Waals surface area (Å²) in [6, 6.07) is 4.69. The fourth-order valence-electron chi connectivity index (χ4n) is 1.42. The monoisotopic (exact) mass is 352 g/mol. The van der Waals surface area contributed by atoms with E-state index in [0.29, 0.717) is 4.47 Å². The van der Waals surface area contributed by atoms with Crippen molar-refractivity contribution in [2.45, 2.75) is 24.3 Å². The molecular formula is C11H17BrN2O2S2. The minimum atomic E-state index is -3.56. The Labute approximate surface area is 121 Å². The third-order valence-corrected chi connectivity index (χ3v) is 5.16. The average molecular weight is 353 g/mol. The number of halogens is 1. The molecule has 1 aromatic rings. The molecule has 0 saturated carbocycles. The topological polar surface area (TPSA) is 72.2 Å². The molecule has 1 aromatic carbocycles. The lowest BCUT2D eigenvalue weighted by molar-refractivity contribution is 0.557. The molecule has 0 heterocycles. The van der Waals surface area contributed by atoms with E-state index in [-0.39, 0.29) is 16.6 Å². The van der Waals surface area contributed by atoms with Crippen LogP contribution in [-0.2, 0) is 10.0 Å². The van der Waals surface area contributed by atoms with Gasteiger partial charge in [0.1, 0.15) is 4.90 Å². The van der Waals surface area contributed by atoms with Gasteiger partial charge >= 0.3 is 0 Å². The molecule has 1 atom stereocenters. The van der Waals surface area contributed by atoms with Crippen molar-refractivity contribution in [3.8, 4) is 0 Å². The summed E-state index contributed by atoms with van der Waals surface area (Å²) in [6.45, 7) is 1.85. The molecule has 18 heavy (non-hydrogen) atoms. The maximum atomic E-state index is 12.2. The normalized spacial score (nSPS) is 13.5. The summed E-state index contributed by atoms with van der Waals surface area (Å²) >= 11 is 4.94. The molecule has 4 nitrogen and oxygen atoms in total. The number of hydrogen-bond donors (Lipinski definition) is 2. The second-order valence-corrected chi connectivity index (χ2v) is 7.57. The summed E-state index contributed by atoms with van der Waals surface area (Å²) in [5.74, 6) is 0.914. The summed E-state index contributed by atoms with van der Waals surface area (Å²) in [5, 5.41) is 0. The standard InChI is InChI=1S/C11H17BrN2O2S2/c1-8(5-6-17-2)14-18(15,16)11-7-9(12)3-4-10(11)13/h3-4,7-8,14H,5-6,13H2,1-2H3. The first-order valence-electron chi connectivity index (χ1n) is 5.43. The fraction of sp³-hybridized carbons (Fsp3) is 0.455. The van der Waals surface area contributed by atoms with Crippen LogP contribution in [0.3, 0.4) is 0 Å². The lowest BCUT2D eigenvalue weighted by Crippen LogP contribution is -2.33. The zero-order valence-electron chi connectivity index (χ0n) is 10.3. The van der Waals surface area contributed by atoms with Crippen LogP contribution in [0, 0.1) is 0 Å². The number of anilines is 1. The number of rotatable bonds is 6. The zero-order valence-corrected chi connectivity index (χ0v) is 13.5. The van der Waals surface area contributed by atoms with E-state index in [2.05, 4.69) is 20.7 Å². The molecule has 0 aliphatic rings. The van der Waals surface area contributed by atoms with Gasteiger partial charge in [0.15, 0.2) is 0 Å². The Morgan fingerprint density at radius 3 is 2.78 bits per heavy atom. The minimum Gasteiger partial charge on any atom is -0.398 e. The van der Waals surface area contributed by atoms with Crippen molar-refractivity contribution in [3.05, 3.63) is 22.7 Å². The van der Waals surface area contributed by atoms with E-state index in [4.69, 9.17) is 5.73 Å². The van der Waals surface area contributed by atoms with Gasteiger partial charge in [-0.3, -0.25) is 0 Å². The predicted molar refractivity (Wildman–Crippen MR) is 81.3 cm³/mol. The first kappa shape index (κ1) is 15.8. The molecule has 0 amide bonds. The van der Waals surface area contributed by atoms with Crippen molar-refractivity contribution < 1.29 is 8.42 Å². The summed E-state index contributed by atoms with van der Waals surface area (Å²) < 4.78 is 27.6. The highest BCUT2D eigenvalue weighted by Crippen LogP contribution is 2.23. The zero-order chi connectivity index (χ0) is 13.8. The van der Waals surface area contributed by atoms with Gasteiger partial charge < -0.3 is 5.73 Å². The lowest BCUT2D eigenvalue weighted by atomic mass is 10.3. The maximum absolute atomic E-state index is 12.2. The van der Waals surface area contributed by atoms with Gasteiger partial charge in [-0.15, -0.1) is 0 Å². The van der Waals surface area contributed by atoms with Crippen LogP contribution in [0.25, 0.3) is 0 Å². The number of nitrogens with one attached hydrogen (secondary N) is 1.